The fraction of sp³-hybridized carbons (Fsp3) is 0.125. The van der Waals surface area contributed by atoms with Crippen LogP contribution in [-0.4, -0.2) is 12.5 Å². The van der Waals surface area contributed by atoms with Crippen LogP contribution in [0.25, 0.3) is 0 Å². The molecule has 2 nitrogen and oxygen atoms in total. The number of nitrogens with one attached hydrogen (secondary N) is 1. The summed E-state index contributed by atoms with van der Waals surface area (Å²) in [6.45, 7) is 0.258. The molecular formula is C16H14NO. The predicted molar refractivity (Wildman–Crippen MR) is 72.8 cm³/mol. The second-order valence-electron chi connectivity index (χ2n) is 4.05. The van der Waals surface area contributed by atoms with Crippen molar-refractivity contribution in [2.45, 2.75) is 6.42 Å². The molecule has 0 saturated heterocycles. The van der Waals surface area contributed by atoms with E-state index >= 15 is 0 Å². The highest BCUT2D eigenvalue weighted by Crippen LogP contribution is 2.16. The number of allylic oxidation sites excluding steroid dienone is 4. The van der Waals surface area contributed by atoms with Gasteiger partial charge < -0.3 is 5.32 Å². The monoisotopic (exact) mass is 236 g/mol. The van der Waals surface area contributed by atoms with Gasteiger partial charge in [0, 0.05) is 12.0 Å². The average molecular weight is 236 g/mol. The van der Waals surface area contributed by atoms with Crippen LogP contribution in [0.5, 0.6) is 0 Å². The Morgan fingerprint density at radius 2 is 2.00 bits per heavy atom. The first-order chi connectivity index (χ1) is 8.79. The smallest absolute Gasteiger partial charge is 0.252 e. The Balaban J connectivity index is 1.97. The minimum Gasteiger partial charge on any atom is -0.341 e. The summed E-state index contributed by atoms with van der Waals surface area (Å²) in [5, 5.41) is 2.64. The summed E-state index contributed by atoms with van der Waals surface area (Å²) >= 11 is 0. The molecule has 89 valence electrons. The van der Waals surface area contributed by atoms with Crippen LogP contribution < -0.4 is 5.32 Å². The van der Waals surface area contributed by atoms with Gasteiger partial charge in [0.1, 0.15) is 0 Å². The van der Waals surface area contributed by atoms with Gasteiger partial charge in [-0.1, -0.05) is 41.9 Å². The minimum atomic E-state index is -0.132. The van der Waals surface area contributed by atoms with Gasteiger partial charge in [-0.3, -0.25) is 4.79 Å². The lowest BCUT2D eigenvalue weighted by atomic mass is 10.0. The van der Waals surface area contributed by atoms with E-state index in [0.717, 1.165) is 6.42 Å². The van der Waals surface area contributed by atoms with Gasteiger partial charge in [-0.2, -0.15) is 0 Å². The molecule has 0 spiro atoms. The summed E-state index contributed by atoms with van der Waals surface area (Å²) in [7, 11) is 0. The van der Waals surface area contributed by atoms with Crippen LogP contribution >= 0.6 is 0 Å². The van der Waals surface area contributed by atoms with E-state index in [1.54, 1.807) is 0 Å². The van der Waals surface area contributed by atoms with E-state index in [1.165, 1.54) is 11.1 Å². The van der Waals surface area contributed by atoms with Gasteiger partial charge in [-0.05, 0) is 24.1 Å². The number of benzene rings is 1. The number of carbonyl (C=O) groups excluding carboxylic acids is 1. The van der Waals surface area contributed by atoms with Crippen molar-refractivity contribution in [1.82, 2.24) is 5.32 Å². The maximum atomic E-state index is 11.6. The van der Waals surface area contributed by atoms with Gasteiger partial charge >= 0.3 is 0 Å². The molecule has 0 saturated carbocycles. The molecule has 0 bridgehead atoms. The Morgan fingerprint density at radius 1 is 1.22 bits per heavy atom. The van der Waals surface area contributed by atoms with Crippen molar-refractivity contribution >= 4 is 5.91 Å². The molecule has 1 amide bonds. The van der Waals surface area contributed by atoms with Gasteiger partial charge in [-0.15, -0.1) is 6.42 Å². The second-order valence-corrected chi connectivity index (χ2v) is 4.05. The van der Waals surface area contributed by atoms with Crippen molar-refractivity contribution in [3.05, 3.63) is 65.6 Å². The number of rotatable bonds is 4. The van der Waals surface area contributed by atoms with E-state index in [0.29, 0.717) is 5.56 Å². The van der Waals surface area contributed by atoms with Crippen molar-refractivity contribution in [2.24, 2.45) is 0 Å². The van der Waals surface area contributed by atoms with Crippen LogP contribution in [0.3, 0.4) is 0 Å². The lowest BCUT2D eigenvalue weighted by Crippen LogP contribution is -2.23. The van der Waals surface area contributed by atoms with Gasteiger partial charge in [0.2, 0.25) is 0 Å². The maximum Gasteiger partial charge on any atom is 0.252 e. The van der Waals surface area contributed by atoms with Gasteiger partial charge in [0.15, 0.2) is 0 Å². The van der Waals surface area contributed by atoms with Crippen LogP contribution in [0.4, 0.5) is 0 Å². The standard InChI is InChI=1S/C16H14NO/c1-2-11-17-16(18)15-9-7-14(8-10-15)12-13-5-3-4-6-13/h1,3-10H,11-12H2,(H,17,18). The SMILES string of the molecule is C#CCNC(=O)c1ccc(CC2=CC=C[CH]2)cc1. The molecule has 0 fully saturated rings. The maximum absolute atomic E-state index is 11.6. The molecule has 1 aromatic carbocycles. The van der Waals surface area contributed by atoms with Gasteiger partial charge in [-0.25, -0.2) is 0 Å². The molecule has 0 aromatic heterocycles. The zero-order valence-corrected chi connectivity index (χ0v) is 10.0. The highest BCUT2D eigenvalue weighted by molar-refractivity contribution is 5.94. The molecule has 0 aliphatic heterocycles. The molecule has 2 heteroatoms. The minimum absolute atomic E-state index is 0.132. The quantitative estimate of drug-likeness (QED) is 0.798. The lowest BCUT2D eigenvalue weighted by Gasteiger charge is -2.05. The highest BCUT2D eigenvalue weighted by atomic mass is 16.1. The van der Waals surface area contributed by atoms with Crippen molar-refractivity contribution in [2.75, 3.05) is 6.54 Å². The molecule has 1 aromatic rings. The summed E-state index contributed by atoms with van der Waals surface area (Å²) in [4.78, 5) is 11.6. The molecule has 1 radical (unpaired) electrons. The number of carbonyl (C=O) groups is 1. The summed E-state index contributed by atoms with van der Waals surface area (Å²) in [5.74, 6) is 2.25. The largest absolute Gasteiger partial charge is 0.341 e. The molecule has 0 heterocycles. The fourth-order valence-electron chi connectivity index (χ4n) is 1.77. The van der Waals surface area contributed by atoms with Crippen molar-refractivity contribution in [3.63, 3.8) is 0 Å². The molecule has 0 unspecified atom stereocenters. The highest BCUT2D eigenvalue weighted by Gasteiger charge is 2.05. The van der Waals surface area contributed by atoms with Crippen LogP contribution in [0.2, 0.25) is 0 Å². The number of amides is 1. The summed E-state index contributed by atoms with van der Waals surface area (Å²) in [6.07, 6.45) is 14.2. The Hall–Kier alpha value is -2.27. The average Bonchev–Trinajstić information content (AvgIpc) is 2.89. The molecular weight excluding hydrogens is 222 g/mol. The first kappa shape index (κ1) is 12.2. The molecule has 1 aliphatic carbocycles. The summed E-state index contributed by atoms with van der Waals surface area (Å²) in [5.41, 5.74) is 3.10. The van der Waals surface area contributed by atoms with E-state index in [9.17, 15) is 4.79 Å². The topological polar surface area (TPSA) is 29.1 Å². The Morgan fingerprint density at radius 3 is 2.61 bits per heavy atom. The third-order valence-electron chi connectivity index (χ3n) is 2.71. The van der Waals surface area contributed by atoms with E-state index in [4.69, 9.17) is 6.42 Å². The summed E-state index contributed by atoms with van der Waals surface area (Å²) in [6, 6.07) is 7.59. The van der Waals surface area contributed by atoms with Crippen LogP contribution in [0.15, 0.2) is 48.1 Å². The van der Waals surface area contributed by atoms with E-state index in [2.05, 4.69) is 23.7 Å². The molecule has 1 aliphatic rings. The van der Waals surface area contributed by atoms with Crippen LogP contribution in [-0.2, 0) is 6.42 Å². The third-order valence-corrected chi connectivity index (χ3v) is 2.71. The van der Waals surface area contributed by atoms with E-state index in [1.807, 2.05) is 36.4 Å². The van der Waals surface area contributed by atoms with Crippen molar-refractivity contribution < 1.29 is 4.79 Å². The van der Waals surface area contributed by atoms with Gasteiger partial charge in [0.25, 0.3) is 5.91 Å². The molecule has 18 heavy (non-hydrogen) atoms. The Labute approximate surface area is 107 Å². The van der Waals surface area contributed by atoms with Gasteiger partial charge in [0.05, 0.1) is 6.54 Å². The third kappa shape index (κ3) is 3.11. The molecule has 0 atom stereocenters. The molecule has 2 rings (SSSR count). The van der Waals surface area contributed by atoms with E-state index < -0.39 is 0 Å². The summed E-state index contributed by atoms with van der Waals surface area (Å²) < 4.78 is 0. The van der Waals surface area contributed by atoms with Crippen LogP contribution in [0, 0.1) is 18.8 Å². The number of hydrogen-bond donors (Lipinski definition) is 1. The molecule has 1 N–H and O–H groups in total. The number of terminal acetylenes is 1. The second kappa shape index (κ2) is 5.88. The Bertz CT molecular complexity index is 529. The zero-order valence-electron chi connectivity index (χ0n) is 10.0. The zero-order chi connectivity index (χ0) is 12.8. The lowest BCUT2D eigenvalue weighted by molar-refractivity contribution is 0.0958. The predicted octanol–water partition coefficient (Wildman–Crippen LogP) is 2.29. The normalized spacial score (nSPS) is 12.9. The first-order valence-electron chi connectivity index (χ1n) is 5.81. The first-order valence-corrected chi connectivity index (χ1v) is 5.81. The number of hydrogen-bond acceptors (Lipinski definition) is 1. The van der Waals surface area contributed by atoms with Crippen molar-refractivity contribution in [1.29, 1.82) is 0 Å². The van der Waals surface area contributed by atoms with Crippen molar-refractivity contribution in [3.8, 4) is 12.3 Å². The van der Waals surface area contributed by atoms with E-state index in [-0.39, 0.29) is 12.5 Å². The van der Waals surface area contributed by atoms with Crippen LogP contribution in [0.1, 0.15) is 15.9 Å². The Kier molecular flexibility index (Phi) is 3.98. The fourth-order valence-corrected chi connectivity index (χ4v) is 1.77.